The molecule has 0 radical (unpaired) electrons. The van der Waals surface area contributed by atoms with Gasteiger partial charge in [0.25, 0.3) is 5.91 Å². The monoisotopic (exact) mass is 364 g/mol. The first kappa shape index (κ1) is 16.3. The Bertz CT molecular complexity index is 632. The molecule has 22 heavy (non-hydrogen) atoms. The Hall–Kier alpha value is -2.08. The second-order valence-electron chi connectivity index (χ2n) is 4.64. The van der Waals surface area contributed by atoms with Crippen molar-refractivity contribution in [1.29, 1.82) is 0 Å². The van der Waals surface area contributed by atoms with Crippen LogP contribution in [0.4, 0.5) is 0 Å². The molecule has 1 aromatic carbocycles. The van der Waals surface area contributed by atoms with Gasteiger partial charge in [0.05, 0.1) is 7.11 Å². The minimum absolute atomic E-state index is 0.182. The van der Waals surface area contributed by atoms with Crippen molar-refractivity contribution in [3.8, 4) is 11.6 Å². The third kappa shape index (κ3) is 4.73. The average Bonchev–Trinajstić information content (AvgIpc) is 2.54. The summed E-state index contributed by atoms with van der Waals surface area (Å²) in [6.45, 7) is 2.11. The van der Waals surface area contributed by atoms with E-state index in [1.165, 1.54) is 0 Å². The molecule has 0 aliphatic rings. The second-order valence-corrected chi connectivity index (χ2v) is 5.55. The predicted octanol–water partition coefficient (Wildman–Crippen LogP) is 2.94. The highest BCUT2D eigenvalue weighted by molar-refractivity contribution is 9.10. The van der Waals surface area contributed by atoms with Crippen LogP contribution in [0.5, 0.6) is 11.6 Å². The summed E-state index contributed by atoms with van der Waals surface area (Å²) in [5.74, 6) is 0.987. The Kier molecular flexibility index (Phi) is 5.77. The maximum absolute atomic E-state index is 12.0. The molecule has 0 bridgehead atoms. The van der Waals surface area contributed by atoms with E-state index in [1.807, 2.05) is 30.3 Å². The van der Waals surface area contributed by atoms with Crippen molar-refractivity contribution in [2.24, 2.45) is 0 Å². The molecule has 1 aromatic heterocycles. The van der Waals surface area contributed by atoms with Crippen LogP contribution in [-0.4, -0.2) is 24.1 Å². The molecule has 2 rings (SSSR count). The third-order valence-corrected chi connectivity index (χ3v) is 3.50. The van der Waals surface area contributed by atoms with Gasteiger partial charge < -0.3 is 14.8 Å². The largest absolute Gasteiger partial charge is 0.481 e. The number of nitrogens with zero attached hydrogens (tertiary/aromatic N) is 1. The Morgan fingerprint density at radius 2 is 2.05 bits per heavy atom. The van der Waals surface area contributed by atoms with Gasteiger partial charge in [0.1, 0.15) is 5.75 Å². The van der Waals surface area contributed by atoms with Gasteiger partial charge in [-0.2, -0.15) is 0 Å². The summed E-state index contributed by atoms with van der Waals surface area (Å²) in [5.41, 5.74) is 0.913. The summed E-state index contributed by atoms with van der Waals surface area (Å²) in [6.07, 6.45) is 1.06. The first-order chi connectivity index (χ1) is 10.6. The number of amides is 1. The fourth-order valence-electron chi connectivity index (χ4n) is 1.78. The van der Waals surface area contributed by atoms with Crippen molar-refractivity contribution < 1.29 is 14.3 Å². The second kappa shape index (κ2) is 7.79. The fourth-order valence-corrected chi connectivity index (χ4v) is 2.04. The fraction of sp³-hybridized carbons (Fsp3) is 0.250. The molecular weight excluding hydrogens is 348 g/mol. The number of nitrogens with one attached hydrogen (secondary N) is 1. The van der Waals surface area contributed by atoms with Gasteiger partial charge in [0.2, 0.25) is 5.88 Å². The molecule has 1 unspecified atom stereocenters. The van der Waals surface area contributed by atoms with Crippen LogP contribution in [0.3, 0.4) is 0 Å². The molecule has 5 nitrogen and oxygen atoms in total. The topological polar surface area (TPSA) is 60.5 Å². The maximum Gasteiger partial charge on any atom is 0.261 e. The van der Waals surface area contributed by atoms with Crippen molar-refractivity contribution in [2.75, 3.05) is 7.11 Å². The van der Waals surface area contributed by atoms with Gasteiger partial charge >= 0.3 is 0 Å². The Morgan fingerprint density at radius 3 is 2.73 bits per heavy atom. The van der Waals surface area contributed by atoms with Crippen LogP contribution in [-0.2, 0) is 11.3 Å². The van der Waals surface area contributed by atoms with Crippen LogP contribution >= 0.6 is 15.9 Å². The van der Waals surface area contributed by atoms with Crippen molar-refractivity contribution in [1.82, 2.24) is 10.3 Å². The van der Waals surface area contributed by atoms with Gasteiger partial charge in [0, 0.05) is 23.3 Å². The highest BCUT2D eigenvalue weighted by Crippen LogP contribution is 2.17. The van der Waals surface area contributed by atoms with Gasteiger partial charge in [-0.25, -0.2) is 4.98 Å². The summed E-state index contributed by atoms with van der Waals surface area (Å²) in [4.78, 5) is 16.1. The first-order valence-electron chi connectivity index (χ1n) is 6.77. The number of hydrogen-bond donors (Lipinski definition) is 1. The summed E-state index contributed by atoms with van der Waals surface area (Å²) < 4.78 is 11.6. The van der Waals surface area contributed by atoms with Crippen LogP contribution in [0.15, 0.2) is 47.1 Å². The van der Waals surface area contributed by atoms with E-state index in [0.717, 1.165) is 10.0 Å². The molecule has 116 valence electrons. The number of aromatic nitrogens is 1. The average molecular weight is 365 g/mol. The molecule has 0 saturated heterocycles. The number of carbonyl (C=O) groups is 1. The molecule has 0 aliphatic heterocycles. The highest BCUT2D eigenvalue weighted by Gasteiger charge is 2.14. The molecular formula is C16H17BrN2O3. The van der Waals surface area contributed by atoms with Crippen LogP contribution in [0.1, 0.15) is 12.5 Å². The van der Waals surface area contributed by atoms with E-state index in [1.54, 1.807) is 26.3 Å². The molecule has 0 fully saturated rings. The minimum atomic E-state index is -0.579. The summed E-state index contributed by atoms with van der Waals surface area (Å²) >= 11 is 3.35. The lowest BCUT2D eigenvalue weighted by Gasteiger charge is -2.15. The molecule has 0 spiro atoms. The molecule has 1 heterocycles. The van der Waals surface area contributed by atoms with Gasteiger partial charge in [-0.3, -0.25) is 4.79 Å². The SMILES string of the molecule is COc1cc(CNC(=O)C(C)Oc2ccc(Br)cc2)ccn1. The zero-order valence-corrected chi connectivity index (χ0v) is 14.0. The molecule has 1 atom stereocenters. The van der Waals surface area contributed by atoms with Crippen LogP contribution < -0.4 is 14.8 Å². The van der Waals surface area contributed by atoms with Gasteiger partial charge in [-0.05, 0) is 42.8 Å². The standard InChI is InChI=1S/C16H17BrN2O3/c1-11(22-14-5-3-13(17)4-6-14)16(20)19-10-12-7-8-18-15(9-12)21-2/h3-9,11H,10H2,1-2H3,(H,19,20). The van der Waals surface area contributed by atoms with E-state index in [0.29, 0.717) is 18.2 Å². The molecule has 1 amide bonds. The van der Waals surface area contributed by atoms with Crippen molar-refractivity contribution >= 4 is 21.8 Å². The Morgan fingerprint density at radius 1 is 1.32 bits per heavy atom. The lowest BCUT2D eigenvalue weighted by atomic mass is 10.2. The molecule has 0 aliphatic carbocycles. The third-order valence-electron chi connectivity index (χ3n) is 2.97. The van der Waals surface area contributed by atoms with Crippen LogP contribution in [0.2, 0.25) is 0 Å². The van der Waals surface area contributed by atoms with Crippen LogP contribution in [0, 0.1) is 0 Å². The van der Waals surface area contributed by atoms with E-state index < -0.39 is 6.10 Å². The number of rotatable bonds is 6. The van der Waals surface area contributed by atoms with E-state index in [9.17, 15) is 4.79 Å². The predicted molar refractivity (Wildman–Crippen MR) is 86.9 cm³/mol. The summed E-state index contributed by atoms with van der Waals surface area (Å²) in [6, 6.07) is 10.9. The van der Waals surface area contributed by atoms with Crippen molar-refractivity contribution in [2.45, 2.75) is 19.6 Å². The quantitative estimate of drug-likeness (QED) is 0.855. The minimum Gasteiger partial charge on any atom is -0.481 e. The lowest BCUT2D eigenvalue weighted by Crippen LogP contribution is -2.35. The maximum atomic E-state index is 12.0. The molecule has 2 aromatic rings. The first-order valence-corrected chi connectivity index (χ1v) is 7.56. The molecule has 6 heteroatoms. The molecule has 1 N–H and O–H groups in total. The summed E-state index contributed by atoms with van der Waals surface area (Å²) in [7, 11) is 1.55. The normalized spacial score (nSPS) is 11.6. The van der Waals surface area contributed by atoms with Crippen molar-refractivity contribution in [3.05, 3.63) is 52.6 Å². The van der Waals surface area contributed by atoms with E-state index in [-0.39, 0.29) is 5.91 Å². The van der Waals surface area contributed by atoms with Gasteiger partial charge in [0.15, 0.2) is 6.10 Å². The number of benzene rings is 1. The number of methoxy groups -OCH3 is 1. The van der Waals surface area contributed by atoms with Crippen molar-refractivity contribution in [3.63, 3.8) is 0 Å². The summed E-state index contributed by atoms with van der Waals surface area (Å²) in [5, 5.41) is 2.83. The lowest BCUT2D eigenvalue weighted by molar-refractivity contribution is -0.127. The van der Waals surface area contributed by atoms with E-state index in [2.05, 4.69) is 26.2 Å². The Labute approximate surface area is 137 Å². The van der Waals surface area contributed by atoms with E-state index >= 15 is 0 Å². The van der Waals surface area contributed by atoms with Gasteiger partial charge in [-0.1, -0.05) is 15.9 Å². The highest BCUT2D eigenvalue weighted by atomic mass is 79.9. The number of hydrogen-bond acceptors (Lipinski definition) is 4. The van der Waals surface area contributed by atoms with E-state index in [4.69, 9.17) is 9.47 Å². The smallest absolute Gasteiger partial charge is 0.261 e. The zero-order valence-electron chi connectivity index (χ0n) is 12.4. The Balaban J connectivity index is 1.86. The molecule has 0 saturated carbocycles. The zero-order chi connectivity index (χ0) is 15.9. The number of pyridine rings is 1. The number of halogens is 1. The number of ether oxygens (including phenoxy) is 2. The van der Waals surface area contributed by atoms with Gasteiger partial charge in [-0.15, -0.1) is 0 Å². The van der Waals surface area contributed by atoms with Crippen LogP contribution in [0.25, 0.3) is 0 Å². The number of carbonyl (C=O) groups excluding carboxylic acids is 1.